The Labute approximate surface area is 124 Å². The monoisotopic (exact) mass is 281 g/mol. The summed E-state index contributed by atoms with van der Waals surface area (Å²) >= 11 is 0. The van der Waals surface area contributed by atoms with Crippen molar-refractivity contribution in [3.8, 4) is 0 Å². The molecule has 0 aliphatic carbocycles. The second-order valence-corrected chi connectivity index (χ2v) is 5.63. The van der Waals surface area contributed by atoms with Crippen LogP contribution in [0.5, 0.6) is 0 Å². The van der Waals surface area contributed by atoms with E-state index in [1.807, 2.05) is 36.4 Å². The van der Waals surface area contributed by atoms with Crippen molar-refractivity contribution in [1.29, 1.82) is 0 Å². The molecule has 2 aromatic rings. The molecule has 3 rings (SSSR count). The Bertz CT molecular complexity index is 591. The Morgan fingerprint density at radius 1 is 1.05 bits per heavy atom. The highest BCUT2D eigenvalue weighted by atomic mass is 16.4. The first-order chi connectivity index (χ1) is 10.2. The third kappa shape index (κ3) is 3.14. The summed E-state index contributed by atoms with van der Waals surface area (Å²) in [6, 6.07) is 19.9. The van der Waals surface area contributed by atoms with Crippen molar-refractivity contribution in [3.05, 3.63) is 71.8 Å². The van der Waals surface area contributed by atoms with E-state index in [0.717, 1.165) is 18.7 Å². The molecule has 0 aromatic heterocycles. The molecule has 108 valence electrons. The average molecular weight is 281 g/mol. The molecule has 0 spiro atoms. The van der Waals surface area contributed by atoms with Crippen LogP contribution in [0.25, 0.3) is 0 Å². The number of likely N-dealkylation sites (tertiary alicyclic amines) is 1. The minimum absolute atomic E-state index is 0.442. The van der Waals surface area contributed by atoms with E-state index in [1.54, 1.807) is 0 Å². The predicted octanol–water partition coefficient (Wildman–Crippen LogP) is 2.95. The van der Waals surface area contributed by atoms with E-state index in [-0.39, 0.29) is 0 Å². The molecule has 0 radical (unpaired) electrons. The van der Waals surface area contributed by atoms with Crippen molar-refractivity contribution in [2.75, 3.05) is 19.6 Å². The van der Waals surface area contributed by atoms with Gasteiger partial charge >= 0.3 is 5.97 Å². The van der Waals surface area contributed by atoms with Gasteiger partial charge in [-0.05, 0) is 11.1 Å². The summed E-state index contributed by atoms with van der Waals surface area (Å²) in [5, 5.41) is 9.45. The van der Waals surface area contributed by atoms with Crippen LogP contribution in [0.4, 0.5) is 0 Å². The normalized spacial score (nSPS) is 17.1. The maximum absolute atomic E-state index is 11.5. The molecular formula is C18H19NO2. The number of hydrogen-bond acceptors (Lipinski definition) is 2. The molecule has 21 heavy (non-hydrogen) atoms. The smallest absolute Gasteiger partial charge is 0.312 e. The summed E-state index contributed by atoms with van der Waals surface area (Å²) in [4.78, 5) is 13.7. The van der Waals surface area contributed by atoms with E-state index >= 15 is 0 Å². The Morgan fingerprint density at radius 2 is 1.62 bits per heavy atom. The molecule has 1 unspecified atom stereocenters. The van der Waals surface area contributed by atoms with Crippen LogP contribution in [0.1, 0.15) is 23.0 Å². The standard InChI is InChI=1S/C18H19NO2/c20-18(21)17(15-9-5-2-6-10-15)13-19-11-16(12-19)14-7-3-1-4-8-14/h1-10,16-17H,11-13H2,(H,20,21). The number of nitrogens with zero attached hydrogens (tertiary/aromatic N) is 1. The van der Waals surface area contributed by atoms with Gasteiger partial charge in [-0.2, -0.15) is 0 Å². The van der Waals surface area contributed by atoms with E-state index < -0.39 is 11.9 Å². The zero-order valence-electron chi connectivity index (χ0n) is 11.9. The van der Waals surface area contributed by atoms with Crippen molar-refractivity contribution in [2.24, 2.45) is 0 Å². The fourth-order valence-electron chi connectivity index (χ4n) is 2.92. The molecule has 1 aliphatic heterocycles. The lowest BCUT2D eigenvalue weighted by Crippen LogP contribution is -2.47. The van der Waals surface area contributed by atoms with E-state index in [1.165, 1.54) is 5.56 Å². The van der Waals surface area contributed by atoms with Gasteiger partial charge in [0, 0.05) is 25.6 Å². The van der Waals surface area contributed by atoms with Crippen LogP contribution < -0.4 is 0 Å². The first kappa shape index (κ1) is 13.8. The van der Waals surface area contributed by atoms with Gasteiger partial charge in [-0.25, -0.2) is 0 Å². The van der Waals surface area contributed by atoms with Crippen molar-refractivity contribution in [1.82, 2.24) is 4.90 Å². The number of benzene rings is 2. The second-order valence-electron chi connectivity index (χ2n) is 5.63. The van der Waals surface area contributed by atoms with Gasteiger partial charge in [0.2, 0.25) is 0 Å². The van der Waals surface area contributed by atoms with Gasteiger partial charge in [-0.3, -0.25) is 4.79 Å². The second kappa shape index (κ2) is 6.10. The molecule has 2 aromatic carbocycles. The van der Waals surface area contributed by atoms with Crippen molar-refractivity contribution in [2.45, 2.75) is 11.8 Å². The van der Waals surface area contributed by atoms with Crippen molar-refractivity contribution in [3.63, 3.8) is 0 Å². The summed E-state index contributed by atoms with van der Waals surface area (Å²) in [6.07, 6.45) is 0. The number of carbonyl (C=O) groups is 1. The van der Waals surface area contributed by atoms with E-state index in [2.05, 4.69) is 29.2 Å². The zero-order chi connectivity index (χ0) is 14.7. The van der Waals surface area contributed by atoms with Crippen LogP contribution in [-0.4, -0.2) is 35.6 Å². The molecule has 0 amide bonds. The number of carboxylic acid groups (broad SMARTS) is 1. The first-order valence-electron chi connectivity index (χ1n) is 7.29. The Morgan fingerprint density at radius 3 is 2.19 bits per heavy atom. The lowest BCUT2D eigenvalue weighted by Gasteiger charge is -2.40. The maximum Gasteiger partial charge on any atom is 0.312 e. The van der Waals surface area contributed by atoms with Crippen molar-refractivity contribution < 1.29 is 9.90 Å². The fraction of sp³-hybridized carbons (Fsp3) is 0.278. The molecular weight excluding hydrogens is 262 g/mol. The number of rotatable bonds is 5. The molecule has 3 nitrogen and oxygen atoms in total. The molecule has 0 bridgehead atoms. The number of hydrogen-bond donors (Lipinski definition) is 1. The summed E-state index contributed by atoms with van der Waals surface area (Å²) in [5.41, 5.74) is 2.23. The molecule has 0 saturated carbocycles. The van der Waals surface area contributed by atoms with Gasteiger partial charge < -0.3 is 10.0 Å². The minimum Gasteiger partial charge on any atom is -0.481 e. The lowest BCUT2D eigenvalue weighted by molar-refractivity contribution is -0.139. The Balaban J connectivity index is 1.61. The third-order valence-corrected chi connectivity index (χ3v) is 4.17. The number of carboxylic acids is 1. The topological polar surface area (TPSA) is 40.5 Å². The Kier molecular flexibility index (Phi) is 4.02. The van der Waals surface area contributed by atoms with Crippen LogP contribution >= 0.6 is 0 Å². The van der Waals surface area contributed by atoms with Crippen LogP contribution in [0.3, 0.4) is 0 Å². The van der Waals surface area contributed by atoms with E-state index in [0.29, 0.717) is 12.5 Å². The quantitative estimate of drug-likeness (QED) is 0.916. The largest absolute Gasteiger partial charge is 0.481 e. The van der Waals surface area contributed by atoms with Gasteiger partial charge in [0.25, 0.3) is 0 Å². The maximum atomic E-state index is 11.5. The molecule has 1 atom stereocenters. The summed E-state index contributed by atoms with van der Waals surface area (Å²) in [6.45, 7) is 2.48. The molecule has 3 heteroatoms. The van der Waals surface area contributed by atoms with Gasteiger partial charge in [-0.15, -0.1) is 0 Å². The van der Waals surface area contributed by atoms with E-state index in [4.69, 9.17) is 0 Å². The van der Waals surface area contributed by atoms with E-state index in [9.17, 15) is 9.90 Å². The predicted molar refractivity (Wildman–Crippen MR) is 82.4 cm³/mol. The summed E-state index contributed by atoms with van der Waals surface area (Å²) < 4.78 is 0. The van der Waals surface area contributed by atoms with Gasteiger partial charge in [0.05, 0.1) is 5.92 Å². The molecule has 1 fully saturated rings. The zero-order valence-corrected chi connectivity index (χ0v) is 11.9. The highest BCUT2D eigenvalue weighted by Gasteiger charge is 2.32. The summed E-state index contributed by atoms with van der Waals surface area (Å²) in [7, 11) is 0. The van der Waals surface area contributed by atoms with Crippen LogP contribution in [0.2, 0.25) is 0 Å². The SMILES string of the molecule is O=C(O)C(CN1CC(c2ccccc2)C1)c1ccccc1. The van der Waals surface area contributed by atoms with Gasteiger partial charge in [-0.1, -0.05) is 60.7 Å². The highest BCUT2D eigenvalue weighted by molar-refractivity contribution is 5.76. The van der Waals surface area contributed by atoms with Crippen LogP contribution in [-0.2, 0) is 4.79 Å². The lowest BCUT2D eigenvalue weighted by atomic mass is 9.89. The Hall–Kier alpha value is -2.13. The van der Waals surface area contributed by atoms with Crippen LogP contribution in [0.15, 0.2) is 60.7 Å². The minimum atomic E-state index is -0.746. The first-order valence-corrected chi connectivity index (χ1v) is 7.29. The van der Waals surface area contributed by atoms with Crippen LogP contribution in [0, 0.1) is 0 Å². The van der Waals surface area contributed by atoms with Crippen molar-refractivity contribution >= 4 is 5.97 Å². The number of aliphatic carboxylic acids is 1. The fourth-order valence-corrected chi connectivity index (χ4v) is 2.92. The summed E-state index contributed by atoms with van der Waals surface area (Å²) in [5.74, 6) is -0.649. The molecule has 1 heterocycles. The molecule has 1 saturated heterocycles. The third-order valence-electron chi connectivity index (χ3n) is 4.17. The molecule has 1 N–H and O–H groups in total. The van der Waals surface area contributed by atoms with Gasteiger partial charge in [0.15, 0.2) is 0 Å². The molecule has 1 aliphatic rings. The van der Waals surface area contributed by atoms with Gasteiger partial charge in [0.1, 0.15) is 0 Å². The average Bonchev–Trinajstić information content (AvgIpc) is 2.47. The highest BCUT2D eigenvalue weighted by Crippen LogP contribution is 2.29.